The van der Waals surface area contributed by atoms with E-state index in [9.17, 15) is 4.79 Å². The van der Waals surface area contributed by atoms with Crippen molar-refractivity contribution in [2.45, 2.75) is 26.3 Å². The molecule has 0 bridgehead atoms. The summed E-state index contributed by atoms with van der Waals surface area (Å²) in [7, 11) is 3.70. The van der Waals surface area contributed by atoms with Gasteiger partial charge in [-0.25, -0.2) is 0 Å². The SMILES string of the molecule is Cc1ccccc1CN1CCC(C(=O)N(C)C)CC1. The smallest absolute Gasteiger partial charge is 0.225 e. The number of likely N-dealkylation sites (tertiary alicyclic amines) is 1. The maximum absolute atomic E-state index is 11.9. The first kappa shape index (κ1) is 14.1. The molecule has 19 heavy (non-hydrogen) atoms. The average Bonchev–Trinajstić information content (AvgIpc) is 2.41. The number of benzene rings is 1. The number of aryl methyl sites for hydroxylation is 1. The van der Waals surface area contributed by atoms with E-state index in [-0.39, 0.29) is 11.8 Å². The number of nitrogens with zero attached hydrogens (tertiary/aromatic N) is 2. The lowest BCUT2D eigenvalue weighted by Gasteiger charge is -2.32. The molecule has 3 nitrogen and oxygen atoms in total. The lowest BCUT2D eigenvalue weighted by Crippen LogP contribution is -2.39. The number of piperidine rings is 1. The molecular formula is C16H24N2O. The summed E-state index contributed by atoms with van der Waals surface area (Å²) in [5.74, 6) is 0.513. The fraction of sp³-hybridized carbons (Fsp3) is 0.562. The Labute approximate surface area is 116 Å². The fourth-order valence-electron chi connectivity index (χ4n) is 2.73. The van der Waals surface area contributed by atoms with Crippen molar-refractivity contribution in [1.29, 1.82) is 0 Å². The largest absolute Gasteiger partial charge is 0.349 e. The van der Waals surface area contributed by atoms with E-state index >= 15 is 0 Å². The number of rotatable bonds is 3. The first-order valence-corrected chi connectivity index (χ1v) is 7.06. The van der Waals surface area contributed by atoms with Crippen molar-refractivity contribution in [3.8, 4) is 0 Å². The average molecular weight is 260 g/mol. The number of amides is 1. The molecule has 1 aliphatic rings. The highest BCUT2D eigenvalue weighted by Gasteiger charge is 2.25. The van der Waals surface area contributed by atoms with Crippen LogP contribution in [0.2, 0.25) is 0 Å². The molecule has 1 amide bonds. The number of carbonyl (C=O) groups is 1. The summed E-state index contributed by atoms with van der Waals surface area (Å²) in [5.41, 5.74) is 2.76. The van der Waals surface area contributed by atoms with Gasteiger partial charge in [0.1, 0.15) is 0 Å². The second-order valence-electron chi connectivity index (χ2n) is 5.71. The first-order chi connectivity index (χ1) is 9.08. The zero-order valence-electron chi connectivity index (χ0n) is 12.2. The molecule has 3 heteroatoms. The standard InChI is InChI=1S/C16H24N2O/c1-13-6-4-5-7-15(13)12-18-10-8-14(9-11-18)16(19)17(2)3/h4-7,14H,8-12H2,1-3H3. The number of carbonyl (C=O) groups excluding carboxylic acids is 1. The van der Waals surface area contributed by atoms with Crippen molar-refractivity contribution in [1.82, 2.24) is 9.80 Å². The topological polar surface area (TPSA) is 23.6 Å². The Morgan fingerprint density at radius 1 is 1.26 bits per heavy atom. The highest BCUT2D eigenvalue weighted by atomic mass is 16.2. The van der Waals surface area contributed by atoms with Gasteiger partial charge in [-0.2, -0.15) is 0 Å². The third-order valence-corrected chi connectivity index (χ3v) is 4.03. The molecule has 0 radical (unpaired) electrons. The summed E-state index contributed by atoms with van der Waals surface area (Å²) < 4.78 is 0. The van der Waals surface area contributed by atoms with Gasteiger partial charge in [0, 0.05) is 26.6 Å². The van der Waals surface area contributed by atoms with Crippen molar-refractivity contribution < 1.29 is 4.79 Å². The van der Waals surface area contributed by atoms with E-state index in [1.165, 1.54) is 11.1 Å². The molecule has 1 aliphatic heterocycles. The molecule has 0 spiro atoms. The van der Waals surface area contributed by atoms with E-state index in [0.717, 1.165) is 32.5 Å². The Morgan fingerprint density at radius 2 is 1.89 bits per heavy atom. The molecular weight excluding hydrogens is 236 g/mol. The second kappa shape index (κ2) is 6.20. The van der Waals surface area contributed by atoms with Crippen LogP contribution in [0.3, 0.4) is 0 Å². The highest BCUT2D eigenvalue weighted by Crippen LogP contribution is 2.21. The van der Waals surface area contributed by atoms with Gasteiger partial charge in [0.2, 0.25) is 5.91 Å². The Morgan fingerprint density at radius 3 is 2.47 bits per heavy atom. The van der Waals surface area contributed by atoms with Crippen LogP contribution in [0.15, 0.2) is 24.3 Å². The van der Waals surface area contributed by atoms with Crippen LogP contribution in [0.4, 0.5) is 0 Å². The summed E-state index contributed by atoms with van der Waals surface area (Å²) in [6.07, 6.45) is 1.98. The van der Waals surface area contributed by atoms with Crippen LogP contribution in [0.25, 0.3) is 0 Å². The molecule has 1 aromatic rings. The van der Waals surface area contributed by atoms with E-state index < -0.39 is 0 Å². The van der Waals surface area contributed by atoms with Crippen LogP contribution in [0.5, 0.6) is 0 Å². The van der Waals surface area contributed by atoms with E-state index in [1.807, 2.05) is 14.1 Å². The lowest BCUT2D eigenvalue weighted by atomic mass is 9.95. The van der Waals surface area contributed by atoms with Crippen LogP contribution in [-0.2, 0) is 11.3 Å². The van der Waals surface area contributed by atoms with Gasteiger partial charge in [-0.1, -0.05) is 24.3 Å². The highest BCUT2D eigenvalue weighted by molar-refractivity contribution is 5.78. The second-order valence-corrected chi connectivity index (χ2v) is 5.71. The molecule has 0 aromatic heterocycles. The summed E-state index contributed by atoms with van der Waals surface area (Å²) in [4.78, 5) is 16.1. The predicted molar refractivity (Wildman–Crippen MR) is 77.9 cm³/mol. The van der Waals surface area contributed by atoms with Crippen LogP contribution in [0, 0.1) is 12.8 Å². The van der Waals surface area contributed by atoms with Gasteiger partial charge >= 0.3 is 0 Å². The lowest BCUT2D eigenvalue weighted by molar-refractivity contribution is -0.134. The first-order valence-electron chi connectivity index (χ1n) is 7.06. The maximum Gasteiger partial charge on any atom is 0.225 e. The molecule has 0 aliphatic carbocycles. The van der Waals surface area contributed by atoms with Crippen LogP contribution in [-0.4, -0.2) is 42.9 Å². The van der Waals surface area contributed by atoms with Crippen molar-refractivity contribution >= 4 is 5.91 Å². The monoisotopic (exact) mass is 260 g/mol. The minimum atomic E-state index is 0.225. The summed E-state index contributed by atoms with van der Waals surface area (Å²) >= 11 is 0. The molecule has 0 N–H and O–H groups in total. The van der Waals surface area contributed by atoms with Crippen LogP contribution in [0.1, 0.15) is 24.0 Å². The van der Waals surface area contributed by atoms with Gasteiger partial charge < -0.3 is 4.90 Å². The van der Waals surface area contributed by atoms with E-state index in [0.29, 0.717) is 0 Å². The van der Waals surface area contributed by atoms with Crippen LogP contribution >= 0.6 is 0 Å². The van der Waals surface area contributed by atoms with E-state index in [4.69, 9.17) is 0 Å². The number of hydrogen-bond acceptors (Lipinski definition) is 2. The molecule has 1 saturated heterocycles. The van der Waals surface area contributed by atoms with Crippen molar-refractivity contribution in [2.75, 3.05) is 27.2 Å². The molecule has 104 valence electrons. The minimum Gasteiger partial charge on any atom is -0.349 e. The summed E-state index contributed by atoms with van der Waals surface area (Å²) in [5, 5.41) is 0. The van der Waals surface area contributed by atoms with E-state index in [1.54, 1.807) is 4.90 Å². The van der Waals surface area contributed by atoms with Gasteiger partial charge in [0.15, 0.2) is 0 Å². The quantitative estimate of drug-likeness (QED) is 0.832. The Balaban J connectivity index is 1.87. The van der Waals surface area contributed by atoms with Crippen molar-refractivity contribution in [3.63, 3.8) is 0 Å². The molecule has 0 unspecified atom stereocenters. The van der Waals surface area contributed by atoms with Gasteiger partial charge in [-0.3, -0.25) is 9.69 Å². The summed E-state index contributed by atoms with van der Waals surface area (Å²) in [6, 6.07) is 8.55. The normalized spacial score (nSPS) is 17.4. The van der Waals surface area contributed by atoms with Crippen molar-refractivity contribution in [3.05, 3.63) is 35.4 Å². The summed E-state index contributed by atoms with van der Waals surface area (Å²) in [6.45, 7) is 5.23. The molecule has 1 aromatic carbocycles. The zero-order chi connectivity index (χ0) is 13.8. The fourth-order valence-corrected chi connectivity index (χ4v) is 2.73. The maximum atomic E-state index is 11.9. The van der Waals surface area contributed by atoms with Crippen LogP contribution < -0.4 is 0 Å². The van der Waals surface area contributed by atoms with Gasteiger partial charge in [-0.05, 0) is 44.0 Å². The third kappa shape index (κ3) is 3.57. The number of hydrogen-bond donors (Lipinski definition) is 0. The molecule has 0 atom stereocenters. The molecule has 2 rings (SSSR count). The van der Waals surface area contributed by atoms with Gasteiger partial charge in [-0.15, -0.1) is 0 Å². The van der Waals surface area contributed by atoms with Gasteiger partial charge in [0.25, 0.3) is 0 Å². The molecule has 1 heterocycles. The Bertz CT molecular complexity index is 434. The van der Waals surface area contributed by atoms with E-state index in [2.05, 4.69) is 36.1 Å². The third-order valence-electron chi connectivity index (χ3n) is 4.03. The zero-order valence-corrected chi connectivity index (χ0v) is 12.2. The predicted octanol–water partition coefficient (Wildman–Crippen LogP) is 2.30. The van der Waals surface area contributed by atoms with Gasteiger partial charge in [0.05, 0.1) is 0 Å². The Hall–Kier alpha value is -1.35. The molecule has 1 fully saturated rings. The minimum absolute atomic E-state index is 0.225. The van der Waals surface area contributed by atoms with Crippen molar-refractivity contribution in [2.24, 2.45) is 5.92 Å². The molecule has 0 saturated carbocycles. The Kier molecular flexibility index (Phi) is 4.59.